The molecule has 0 aliphatic rings. The van der Waals surface area contributed by atoms with Crippen molar-refractivity contribution < 1.29 is 14.3 Å². The number of aromatic nitrogens is 1. The van der Waals surface area contributed by atoms with Crippen LogP contribution in [0.15, 0.2) is 48.5 Å². The number of amides is 1. The van der Waals surface area contributed by atoms with Gasteiger partial charge in [0, 0.05) is 56.0 Å². The maximum absolute atomic E-state index is 13.1. The Morgan fingerprint density at radius 3 is 2.24 bits per heavy atom. The zero-order valence-electron chi connectivity index (χ0n) is 17.8. The molecule has 0 aliphatic heterocycles. The van der Waals surface area contributed by atoms with Crippen LogP contribution in [0.3, 0.4) is 0 Å². The van der Waals surface area contributed by atoms with Crippen LogP contribution in [0.2, 0.25) is 0 Å². The number of carbonyl (C=O) groups excluding carboxylic acids is 1. The number of hydrogen-bond acceptors (Lipinski definition) is 3. The van der Waals surface area contributed by atoms with Crippen molar-refractivity contribution in [2.45, 2.75) is 20.4 Å². The maximum atomic E-state index is 13.1. The Morgan fingerprint density at radius 1 is 0.966 bits per heavy atom. The van der Waals surface area contributed by atoms with Gasteiger partial charge >= 0.3 is 0 Å². The SMILES string of the molecule is COCCN(CCOC)C(=O)c1ccc2c(c1)c(C)c(C)n2Cc1ccccc1. The fraction of sp³-hybridized carbons (Fsp3) is 0.375. The molecular weight excluding hydrogens is 364 g/mol. The molecule has 29 heavy (non-hydrogen) atoms. The van der Waals surface area contributed by atoms with E-state index in [1.807, 2.05) is 18.2 Å². The van der Waals surface area contributed by atoms with Gasteiger partial charge in [0.05, 0.1) is 13.2 Å². The third-order valence-electron chi connectivity index (χ3n) is 5.49. The Balaban J connectivity index is 1.93. The molecular formula is C24H30N2O3. The summed E-state index contributed by atoms with van der Waals surface area (Å²) in [4.78, 5) is 14.9. The van der Waals surface area contributed by atoms with Crippen LogP contribution < -0.4 is 0 Å². The molecule has 0 aliphatic carbocycles. The first-order valence-electron chi connectivity index (χ1n) is 9.97. The summed E-state index contributed by atoms with van der Waals surface area (Å²) in [7, 11) is 3.29. The first-order chi connectivity index (χ1) is 14.1. The van der Waals surface area contributed by atoms with Crippen molar-refractivity contribution in [3.05, 3.63) is 70.9 Å². The highest BCUT2D eigenvalue weighted by Gasteiger charge is 2.18. The number of fused-ring (bicyclic) bond motifs is 1. The lowest BCUT2D eigenvalue weighted by molar-refractivity contribution is 0.0627. The minimum Gasteiger partial charge on any atom is -0.383 e. The summed E-state index contributed by atoms with van der Waals surface area (Å²) in [6.45, 7) is 7.18. The maximum Gasteiger partial charge on any atom is 0.254 e. The van der Waals surface area contributed by atoms with E-state index in [0.717, 1.165) is 17.4 Å². The smallest absolute Gasteiger partial charge is 0.254 e. The lowest BCUT2D eigenvalue weighted by atomic mass is 10.1. The summed E-state index contributed by atoms with van der Waals surface area (Å²) in [5.41, 5.74) is 5.55. The third-order valence-corrected chi connectivity index (χ3v) is 5.49. The second kappa shape index (κ2) is 9.72. The van der Waals surface area contributed by atoms with Crippen LogP contribution >= 0.6 is 0 Å². The predicted molar refractivity (Wildman–Crippen MR) is 117 cm³/mol. The van der Waals surface area contributed by atoms with Gasteiger partial charge in [-0.1, -0.05) is 30.3 Å². The minimum absolute atomic E-state index is 0.00821. The van der Waals surface area contributed by atoms with Crippen molar-refractivity contribution in [1.82, 2.24) is 9.47 Å². The van der Waals surface area contributed by atoms with Gasteiger partial charge in [-0.15, -0.1) is 0 Å². The van der Waals surface area contributed by atoms with Crippen LogP contribution in [-0.4, -0.2) is 55.9 Å². The van der Waals surface area contributed by atoms with Crippen LogP contribution in [0.1, 0.15) is 27.2 Å². The van der Waals surface area contributed by atoms with Gasteiger partial charge in [0.1, 0.15) is 0 Å². The molecule has 3 aromatic rings. The Morgan fingerprint density at radius 2 is 1.62 bits per heavy atom. The van der Waals surface area contributed by atoms with Crippen molar-refractivity contribution in [2.24, 2.45) is 0 Å². The Labute approximate surface area is 172 Å². The van der Waals surface area contributed by atoms with E-state index in [4.69, 9.17) is 9.47 Å². The fourth-order valence-corrected chi connectivity index (χ4v) is 3.65. The molecule has 1 amide bonds. The third kappa shape index (κ3) is 4.69. The van der Waals surface area contributed by atoms with E-state index in [2.05, 4.69) is 48.7 Å². The summed E-state index contributed by atoms with van der Waals surface area (Å²) in [5.74, 6) is 0.00821. The lowest BCUT2D eigenvalue weighted by Gasteiger charge is -2.22. The van der Waals surface area contributed by atoms with E-state index in [-0.39, 0.29) is 5.91 Å². The largest absolute Gasteiger partial charge is 0.383 e. The minimum atomic E-state index is 0.00821. The number of aryl methyl sites for hydroxylation is 1. The molecule has 1 aromatic heterocycles. The average molecular weight is 395 g/mol. The van der Waals surface area contributed by atoms with Gasteiger partial charge in [0.2, 0.25) is 0 Å². The molecule has 0 fully saturated rings. The second-order valence-electron chi connectivity index (χ2n) is 7.29. The number of benzene rings is 2. The van der Waals surface area contributed by atoms with Crippen molar-refractivity contribution in [2.75, 3.05) is 40.5 Å². The van der Waals surface area contributed by atoms with E-state index in [0.29, 0.717) is 31.9 Å². The molecule has 0 saturated heterocycles. The van der Waals surface area contributed by atoms with Crippen LogP contribution in [0.25, 0.3) is 10.9 Å². The molecule has 0 N–H and O–H groups in total. The van der Waals surface area contributed by atoms with Crippen molar-refractivity contribution in [3.8, 4) is 0 Å². The van der Waals surface area contributed by atoms with Gasteiger partial charge in [0.15, 0.2) is 0 Å². The molecule has 0 atom stereocenters. The summed E-state index contributed by atoms with van der Waals surface area (Å²) >= 11 is 0. The molecule has 0 unspecified atom stereocenters. The summed E-state index contributed by atoms with van der Waals surface area (Å²) < 4.78 is 12.7. The number of nitrogens with zero attached hydrogens (tertiary/aromatic N) is 2. The zero-order chi connectivity index (χ0) is 20.8. The molecule has 0 radical (unpaired) electrons. The zero-order valence-corrected chi connectivity index (χ0v) is 17.8. The topological polar surface area (TPSA) is 43.7 Å². The van der Waals surface area contributed by atoms with Gasteiger partial charge in [0.25, 0.3) is 5.91 Å². The molecule has 1 heterocycles. The Hall–Kier alpha value is -2.63. The van der Waals surface area contributed by atoms with E-state index in [1.54, 1.807) is 19.1 Å². The van der Waals surface area contributed by atoms with Gasteiger partial charge in [-0.3, -0.25) is 4.79 Å². The number of rotatable bonds is 9. The van der Waals surface area contributed by atoms with Crippen molar-refractivity contribution in [1.29, 1.82) is 0 Å². The summed E-state index contributed by atoms with van der Waals surface area (Å²) in [6.07, 6.45) is 0. The summed E-state index contributed by atoms with van der Waals surface area (Å²) in [5, 5.41) is 1.13. The van der Waals surface area contributed by atoms with Gasteiger partial charge in [-0.25, -0.2) is 0 Å². The monoisotopic (exact) mass is 394 g/mol. The van der Waals surface area contributed by atoms with E-state index < -0.39 is 0 Å². The molecule has 2 aromatic carbocycles. The number of ether oxygens (including phenoxy) is 2. The lowest BCUT2D eigenvalue weighted by Crippen LogP contribution is -2.36. The quantitative estimate of drug-likeness (QED) is 0.550. The van der Waals surface area contributed by atoms with E-state index >= 15 is 0 Å². The molecule has 0 bridgehead atoms. The molecule has 3 rings (SSSR count). The highest BCUT2D eigenvalue weighted by atomic mass is 16.5. The molecule has 0 saturated carbocycles. The van der Waals surface area contributed by atoms with E-state index in [1.165, 1.54) is 16.8 Å². The molecule has 0 spiro atoms. The van der Waals surface area contributed by atoms with Gasteiger partial charge in [-0.2, -0.15) is 0 Å². The number of methoxy groups -OCH3 is 2. The van der Waals surface area contributed by atoms with Gasteiger partial charge in [-0.05, 0) is 43.2 Å². The summed E-state index contributed by atoms with van der Waals surface area (Å²) in [6, 6.07) is 16.5. The highest BCUT2D eigenvalue weighted by Crippen LogP contribution is 2.27. The predicted octanol–water partition coefficient (Wildman–Crippen LogP) is 4.04. The van der Waals surface area contributed by atoms with Crippen LogP contribution in [-0.2, 0) is 16.0 Å². The first kappa shape index (κ1) is 21.1. The van der Waals surface area contributed by atoms with Crippen molar-refractivity contribution >= 4 is 16.8 Å². The molecule has 5 nitrogen and oxygen atoms in total. The number of hydrogen-bond donors (Lipinski definition) is 0. The van der Waals surface area contributed by atoms with Crippen molar-refractivity contribution in [3.63, 3.8) is 0 Å². The molecule has 5 heteroatoms. The second-order valence-corrected chi connectivity index (χ2v) is 7.29. The number of carbonyl (C=O) groups is 1. The highest BCUT2D eigenvalue weighted by molar-refractivity contribution is 5.99. The Kier molecular flexibility index (Phi) is 7.07. The van der Waals surface area contributed by atoms with Crippen LogP contribution in [0.4, 0.5) is 0 Å². The Bertz CT molecular complexity index is 955. The molecule has 154 valence electrons. The van der Waals surface area contributed by atoms with Crippen LogP contribution in [0, 0.1) is 13.8 Å². The first-order valence-corrected chi connectivity index (χ1v) is 9.97. The fourth-order valence-electron chi connectivity index (χ4n) is 3.65. The average Bonchev–Trinajstić information content (AvgIpc) is 2.98. The van der Waals surface area contributed by atoms with Gasteiger partial charge < -0.3 is 18.9 Å². The van der Waals surface area contributed by atoms with Crippen LogP contribution in [0.5, 0.6) is 0 Å². The van der Waals surface area contributed by atoms with E-state index in [9.17, 15) is 4.79 Å². The normalized spacial score (nSPS) is 11.2. The standard InChI is InChI=1S/C24H30N2O3/c1-18-19(2)26(17-20-8-6-5-7-9-20)23-11-10-21(16-22(18)23)24(27)25(12-14-28-3)13-15-29-4/h5-11,16H,12-15,17H2,1-4H3.